The van der Waals surface area contributed by atoms with Gasteiger partial charge in [0.2, 0.25) is 0 Å². The lowest BCUT2D eigenvalue weighted by Crippen LogP contribution is -2.52. The molecule has 1 nitrogen and oxygen atoms in total. The summed E-state index contributed by atoms with van der Waals surface area (Å²) < 4.78 is 0. The summed E-state index contributed by atoms with van der Waals surface area (Å²) in [6.45, 7) is 13.9. The minimum atomic E-state index is -1.65. The van der Waals surface area contributed by atoms with Crippen molar-refractivity contribution < 1.29 is 4.79 Å². The van der Waals surface area contributed by atoms with Gasteiger partial charge in [0, 0.05) is 0 Å². The van der Waals surface area contributed by atoms with Gasteiger partial charge in [-0.15, -0.1) is 0 Å². The molecule has 0 fully saturated rings. The van der Waals surface area contributed by atoms with Crippen LogP contribution in [0.2, 0.25) is 38.3 Å². The highest BCUT2D eigenvalue weighted by Gasteiger charge is 2.40. The van der Waals surface area contributed by atoms with Crippen LogP contribution in [-0.2, 0) is 0 Å². The number of rotatable bonds is 14. The summed E-state index contributed by atoms with van der Waals surface area (Å²) in [5, 5.41) is 0.756. The summed E-state index contributed by atoms with van der Waals surface area (Å²) in [7, 11) is -3.31. The van der Waals surface area contributed by atoms with E-state index < -0.39 is 16.1 Å². The lowest BCUT2D eigenvalue weighted by molar-refractivity contribution is 0.271. The van der Waals surface area contributed by atoms with E-state index in [2.05, 4.69) is 40.0 Å². The predicted octanol–water partition coefficient (Wildman–Crippen LogP) is 7.63. The highest BCUT2D eigenvalue weighted by Crippen LogP contribution is 2.26. The largest absolute Gasteiger partial charge is 0.311 e. The lowest BCUT2D eigenvalue weighted by Gasteiger charge is -2.31. The van der Waals surface area contributed by atoms with Gasteiger partial charge in [-0.05, 0) is 0 Å². The van der Waals surface area contributed by atoms with E-state index in [0.717, 1.165) is 5.03 Å². The van der Waals surface area contributed by atoms with Gasteiger partial charge < -0.3 is 4.79 Å². The second-order valence-corrected chi connectivity index (χ2v) is 18.4. The molecule has 0 aliphatic heterocycles. The number of unbranched alkanes of at least 4 members (excludes halogenated alkanes) is 8. The zero-order valence-corrected chi connectivity index (χ0v) is 18.4. The molecule has 0 N–H and O–H groups in total. The molecule has 0 aliphatic carbocycles. The molecule has 0 aromatic heterocycles. The van der Waals surface area contributed by atoms with Crippen LogP contribution in [0.15, 0.2) is 0 Å². The van der Waals surface area contributed by atoms with Gasteiger partial charge >= 0.3 is 0 Å². The Bertz CT molecular complexity index is 270. The van der Waals surface area contributed by atoms with Crippen molar-refractivity contribution in [2.75, 3.05) is 0 Å². The van der Waals surface area contributed by atoms with Gasteiger partial charge in [-0.3, -0.25) is 0 Å². The molecule has 0 rings (SSSR count). The maximum Gasteiger partial charge on any atom is 0.120 e. The standard InChI is InChI=1S/C19H42OSi2/c1-7-9-11-13-15-17-21(3,4)19(20)22(5,6)18-16-14-12-10-8-2/h7-18H2,1-6H3. The summed E-state index contributed by atoms with van der Waals surface area (Å²) >= 11 is 0. The van der Waals surface area contributed by atoms with Crippen LogP contribution in [-0.4, -0.2) is 21.2 Å². The van der Waals surface area contributed by atoms with Crippen LogP contribution >= 0.6 is 0 Å². The highest BCUT2D eigenvalue weighted by atomic mass is 28.4. The Morgan fingerprint density at radius 2 is 0.909 bits per heavy atom. The van der Waals surface area contributed by atoms with Gasteiger partial charge in [0.1, 0.15) is 16.1 Å². The maximum absolute atomic E-state index is 13.0. The summed E-state index contributed by atoms with van der Waals surface area (Å²) in [6, 6.07) is 2.45. The van der Waals surface area contributed by atoms with Gasteiger partial charge in [-0.25, -0.2) is 0 Å². The quantitative estimate of drug-likeness (QED) is 0.234. The van der Waals surface area contributed by atoms with Crippen LogP contribution in [0.1, 0.15) is 78.1 Å². The van der Waals surface area contributed by atoms with Gasteiger partial charge in [0.05, 0.1) is 5.03 Å². The van der Waals surface area contributed by atoms with Crippen molar-refractivity contribution in [3.05, 3.63) is 0 Å². The fourth-order valence-electron chi connectivity index (χ4n) is 3.48. The van der Waals surface area contributed by atoms with Gasteiger partial charge in [0.25, 0.3) is 0 Å². The van der Waals surface area contributed by atoms with Crippen LogP contribution in [0.25, 0.3) is 0 Å². The molecule has 0 atom stereocenters. The summed E-state index contributed by atoms with van der Waals surface area (Å²) in [5.41, 5.74) is 0. The molecular formula is C19H42OSi2. The van der Waals surface area contributed by atoms with Crippen LogP contribution in [0, 0.1) is 0 Å². The number of hydrogen-bond acceptors (Lipinski definition) is 1. The third-order valence-electron chi connectivity index (χ3n) is 5.04. The van der Waals surface area contributed by atoms with E-state index >= 15 is 0 Å². The molecule has 0 radical (unpaired) electrons. The molecular weight excluding hydrogens is 300 g/mol. The zero-order valence-electron chi connectivity index (χ0n) is 16.4. The average molecular weight is 343 g/mol. The van der Waals surface area contributed by atoms with E-state index in [1.165, 1.54) is 76.3 Å². The van der Waals surface area contributed by atoms with Crippen molar-refractivity contribution in [2.24, 2.45) is 0 Å². The van der Waals surface area contributed by atoms with Gasteiger partial charge in [0.15, 0.2) is 0 Å². The van der Waals surface area contributed by atoms with E-state index in [4.69, 9.17) is 0 Å². The van der Waals surface area contributed by atoms with Crippen LogP contribution in [0.3, 0.4) is 0 Å². The SMILES string of the molecule is CCCCCCC[Si](C)(C)C(=O)[Si](C)(C)CCCCCCC. The minimum Gasteiger partial charge on any atom is -0.311 e. The summed E-state index contributed by atoms with van der Waals surface area (Å²) in [5.74, 6) is 0. The molecule has 22 heavy (non-hydrogen) atoms. The fourth-order valence-corrected chi connectivity index (χ4v) is 14.3. The fraction of sp³-hybridized carbons (Fsp3) is 0.947. The van der Waals surface area contributed by atoms with Crippen molar-refractivity contribution in [3.63, 3.8) is 0 Å². The molecule has 0 amide bonds. The Morgan fingerprint density at radius 1 is 0.591 bits per heavy atom. The number of carbonyl (C=O) groups is 1. The first kappa shape index (κ1) is 22.1. The van der Waals surface area contributed by atoms with Crippen molar-refractivity contribution in [1.29, 1.82) is 0 Å². The average Bonchev–Trinajstić information content (AvgIpc) is 2.46. The number of carbonyl (C=O) groups excluding carboxylic acids is 1. The van der Waals surface area contributed by atoms with E-state index in [1.807, 2.05) is 0 Å². The second kappa shape index (κ2) is 11.6. The second-order valence-electron chi connectivity index (χ2n) is 8.43. The maximum atomic E-state index is 13.0. The molecule has 0 unspecified atom stereocenters. The Labute approximate surface area is 142 Å². The molecule has 0 aromatic carbocycles. The van der Waals surface area contributed by atoms with Crippen molar-refractivity contribution in [2.45, 2.75) is 116 Å². The van der Waals surface area contributed by atoms with E-state index in [0.29, 0.717) is 0 Å². The van der Waals surface area contributed by atoms with Crippen LogP contribution < -0.4 is 0 Å². The molecule has 0 saturated heterocycles. The Kier molecular flexibility index (Phi) is 11.7. The number of hydrogen-bond donors (Lipinski definition) is 0. The first-order valence-electron chi connectivity index (χ1n) is 9.83. The van der Waals surface area contributed by atoms with Gasteiger partial charge in [-0.1, -0.05) is 116 Å². The molecule has 3 heteroatoms. The first-order chi connectivity index (χ1) is 10.3. The highest BCUT2D eigenvalue weighted by molar-refractivity contribution is 7.31. The molecule has 0 bridgehead atoms. The summed E-state index contributed by atoms with van der Waals surface area (Å²) in [4.78, 5) is 13.0. The Hall–Kier alpha value is 0.104. The minimum absolute atomic E-state index is 0.756. The van der Waals surface area contributed by atoms with Crippen molar-refractivity contribution >= 4 is 21.2 Å². The van der Waals surface area contributed by atoms with E-state index in [9.17, 15) is 4.79 Å². The van der Waals surface area contributed by atoms with E-state index in [-0.39, 0.29) is 0 Å². The third kappa shape index (κ3) is 9.29. The Balaban J connectivity index is 4.19. The van der Waals surface area contributed by atoms with Crippen molar-refractivity contribution in [1.82, 2.24) is 0 Å². The topological polar surface area (TPSA) is 17.1 Å². The zero-order chi connectivity index (χ0) is 17.1. The molecule has 132 valence electrons. The Morgan fingerprint density at radius 3 is 1.23 bits per heavy atom. The van der Waals surface area contributed by atoms with Crippen LogP contribution in [0.5, 0.6) is 0 Å². The van der Waals surface area contributed by atoms with Crippen LogP contribution in [0.4, 0.5) is 4.79 Å². The monoisotopic (exact) mass is 342 g/mol. The third-order valence-corrected chi connectivity index (χ3v) is 14.8. The lowest BCUT2D eigenvalue weighted by atomic mass is 10.2. The molecule has 0 aromatic rings. The van der Waals surface area contributed by atoms with E-state index in [1.54, 1.807) is 0 Å². The van der Waals surface area contributed by atoms with Crippen molar-refractivity contribution in [3.8, 4) is 0 Å². The normalized spacial score (nSPS) is 12.6. The summed E-state index contributed by atoms with van der Waals surface area (Å²) in [6.07, 6.45) is 13.3. The predicted molar refractivity (Wildman–Crippen MR) is 107 cm³/mol. The smallest absolute Gasteiger partial charge is 0.120 e. The first-order valence-corrected chi connectivity index (χ1v) is 16.2. The molecule has 0 aliphatic rings. The molecule has 0 saturated carbocycles. The van der Waals surface area contributed by atoms with Gasteiger partial charge in [-0.2, -0.15) is 0 Å². The molecule has 0 spiro atoms. The molecule has 0 heterocycles.